The van der Waals surface area contributed by atoms with E-state index in [0.29, 0.717) is 11.4 Å². The molecule has 1 aliphatic heterocycles. The number of aliphatic imine (C=N–C) groups is 1. The van der Waals surface area contributed by atoms with Crippen molar-refractivity contribution in [3.05, 3.63) is 47.2 Å². The second kappa shape index (κ2) is 4.70. The molecule has 0 bridgehead atoms. The third-order valence-corrected chi connectivity index (χ3v) is 2.46. The Balaban J connectivity index is 2.33. The molecule has 0 amide bonds. The van der Waals surface area contributed by atoms with Crippen molar-refractivity contribution >= 4 is 17.8 Å². The van der Waals surface area contributed by atoms with Crippen LogP contribution in [0.3, 0.4) is 0 Å². The zero-order chi connectivity index (χ0) is 13.1. The summed E-state index contributed by atoms with van der Waals surface area (Å²) in [6.07, 6.45) is 0. The summed E-state index contributed by atoms with van der Waals surface area (Å²) < 4.78 is 0. The van der Waals surface area contributed by atoms with Crippen molar-refractivity contribution in [1.29, 1.82) is 0 Å². The van der Waals surface area contributed by atoms with Crippen LogP contribution in [0.5, 0.6) is 0 Å². The second-order valence-electron chi connectivity index (χ2n) is 3.62. The molecule has 6 heteroatoms. The topological polar surface area (TPSA) is 99.0 Å². The Labute approximate surface area is 102 Å². The van der Waals surface area contributed by atoms with E-state index in [1.807, 2.05) is 6.07 Å². The fourth-order valence-corrected chi connectivity index (χ4v) is 1.59. The van der Waals surface area contributed by atoms with Crippen LogP contribution in [-0.2, 0) is 9.59 Å². The first kappa shape index (κ1) is 11.8. The normalized spacial score (nSPS) is 14.8. The van der Waals surface area contributed by atoms with Crippen LogP contribution >= 0.6 is 0 Å². The van der Waals surface area contributed by atoms with Gasteiger partial charge in [-0.25, -0.2) is 9.59 Å². The number of rotatable bonds is 3. The number of nitrogens with one attached hydrogen (secondary N) is 1. The average Bonchev–Trinajstić information content (AvgIpc) is 2.39. The van der Waals surface area contributed by atoms with Gasteiger partial charge in [0.2, 0.25) is 0 Å². The Bertz CT molecular complexity index is 561. The molecule has 0 fully saturated rings. The minimum atomic E-state index is -1.31. The van der Waals surface area contributed by atoms with Crippen LogP contribution in [-0.4, -0.2) is 34.5 Å². The van der Waals surface area contributed by atoms with E-state index in [1.165, 1.54) is 0 Å². The number of amidine groups is 1. The lowest BCUT2D eigenvalue weighted by Crippen LogP contribution is -2.35. The Morgan fingerprint density at radius 3 is 2.33 bits per heavy atom. The molecule has 0 atom stereocenters. The first-order valence-corrected chi connectivity index (χ1v) is 5.16. The molecule has 0 spiro atoms. The number of carbonyl (C=O) groups is 2. The summed E-state index contributed by atoms with van der Waals surface area (Å²) in [5, 5.41) is 20.4. The minimum Gasteiger partial charge on any atom is -0.478 e. The maximum absolute atomic E-state index is 11.0. The lowest BCUT2D eigenvalue weighted by molar-refractivity contribution is -0.136. The minimum absolute atomic E-state index is 0.159. The highest BCUT2D eigenvalue weighted by molar-refractivity contribution is 6.09. The van der Waals surface area contributed by atoms with Crippen LogP contribution in [0, 0.1) is 0 Å². The summed E-state index contributed by atoms with van der Waals surface area (Å²) in [6.45, 7) is -0.159. The van der Waals surface area contributed by atoms with Gasteiger partial charge in [0.25, 0.3) is 0 Å². The van der Waals surface area contributed by atoms with Crippen molar-refractivity contribution in [2.75, 3.05) is 6.54 Å². The summed E-state index contributed by atoms with van der Waals surface area (Å²) in [5.74, 6) is -2.23. The van der Waals surface area contributed by atoms with Crippen LogP contribution in [0.25, 0.3) is 0 Å². The summed E-state index contributed by atoms with van der Waals surface area (Å²) in [7, 11) is 0. The number of carboxylic acids is 2. The third kappa shape index (κ3) is 2.22. The SMILES string of the molecule is O=C(O)C1=C(C(=O)O)NC(c2ccccc2)=NC1. The Kier molecular flexibility index (Phi) is 3.09. The fourth-order valence-electron chi connectivity index (χ4n) is 1.59. The molecule has 1 aromatic carbocycles. The van der Waals surface area contributed by atoms with E-state index in [4.69, 9.17) is 10.2 Å². The summed E-state index contributed by atoms with van der Waals surface area (Å²) >= 11 is 0. The molecule has 3 N–H and O–H groups in total. The van der Waals surface area contributed by atoms with Crippen LogP contribution in [0.2, 0.25) is 0 Å². The molecule has 18 heavy (non-hydrogen) atoms. The molecule has 1 heterocycles. The predicted molar refractivity (Wildman–Crippen MR) is 63.3 cm³/mol. The van der Waals surface area contributed by atoms with Crippen LogP contribution < -0.4 is 5.32 Å². The lowest BCUT2D eigenvalue weighted by Gasteiger charge is -2.17. The molecule has 6 nitrogen and oxygen atoms in total. The number of benzene rings is 1. The van der Waals surface area contributed by atoms with Gasteiger partial charge in [0.15, 0.2) is 0 Å². The van der Waals surface area contributed by atoms with Gasteiger partial charge in [-0.05, 0) is 0 Å². The highest BCUT2D eigenvalue weighted by atomic mass is 16.4. The highest BCUT2D eigenvalue weighted by Gasteiger charge is 2.25. The summed E-state index contributed by atoms with van der Waals surface area (Å²) in [5.41, 5.74) is 0.124. The lowest BCUT2D eigenvalue weighted by atomic mass is 10.1. The van der Waals surface area contributed by atoms with E-state index >= 15 is 0 Å². The molecule has 1 aliphatic rings. The number of hydrogen-bond donors (Lipinski definition) is 3. The van der Waals surface area contributed by atoms with E-state index < -0.39 is 11.9 Å². The average molecular weight is 246 g/mol. The largest absolute Gasteiger partial charge is 0.478 e. The molecule has 0 aliphatic carbocycles. The maximum Gasteiger partial charge on any atom is 0.352 e. The molecule has 0 aromatic heterocycles. The predicted octanol–water partition coefficient (Wildman–Crippen LogP) is 0.460. The number of hydrogen-bond acceptors (Lipinski definition) is 4. The highest BCUT2D eigenvalue weighted by Crippen LogP contribution is 2.12. The number of carboxylic acid groups (broad SMARTS) is 2. The van der Waals surface area contributed by atoms with Gasteiger partial charge >= 0.3 is 11.9 Å². The molecule has 0 unspecified atom stereocenters. The van der Waals surface area contributed by atoms with E-state index in [2.05, 4.69) is 10.3 Å². The van der Waals surface area contributed by atoms with Gasteiger partial charge in [0.1, 0.15) is 11.5 Å². The number of aliphatic carboxylic acids is 2. The quantitative estimate of drug-likeness (QED) is 0.719. The van der Waals surface area contributed by atoms with Crippen molar-refractivity contribution < 1.29 is 19.8 Å². The van der Waals surface area contributed by atoms with E-state index in [9.17, 15) is 9.59 Å². The van der Waals surface area contributed by atoms with Crippen LogP contribution in [0.15, 0.2) is 46.6 Å². The first-order valence-electron chi connectivity index (χ1n) is 5.16. The van der Waals surface area contributed by atoms with Crippen LogP contribution in [0.4, 0.5) is 0 Å². The van der Waals surface area contributed by atoms with Gasteiger partial charge in [-0.1, -0.05) is 30.3 Å². The third-order valence-electron chi connectivity index (χ3n) is 2.46. The van der Waals surface area contributed by atoms with Crippen molar-refractivity contribution in [2.45, 2.75) is 0 Å². The van der Waals surface area contributed by atoms with E-state index in [1.54, 1.807) is 24.3 Å². The van der Waals surface area contributed by atoms with Gasteiger partial charge in [0.05, 0.1) is 12.1 Å². The van der Waals surface area contributed by atoms with Gasteiger partial charge in [-0.15, -0.1) is 0 Å². The molecular formula is C12H10N2O4. The van der Waals surface area contributed by atoms with E-state index in [0.717, 1.165) is 0 Å². The Morgan fingerprint density at radius 1 is 1.11 bits per heavy atom. The van der Waals surface area contributed by atoms with Crippen LogP contribution in [0.1, 0.15) is 5.56 Å². The first-order chi connectivity index (χ1) is 8.59. The van der Waals surface area contributed by atoms with Crippen molar-refractivity contribution in [3.8, 4) is 0 Å². The molecule has 1 aromatic rings. The smallest absolute Gasteiger partial charge is 0.352 e. The molecule has 0 saturated carbocycles. The van der Waals surface area contributed by atoms with Gasteiger partial charge in [-0.3, -0.25) is 4.99 Å². The second-order valence-corrected chi connectivity index (χ2v) is 3.62. The molecule has 0 saturated heterocycles. The molecule has 92 valence electrons. The number of nitrogens with zero attached hydrogens (tertiary/aromatic N) is 1. The summed E-state index contributed by atoms with van der Waals surface area (Å²) in [6, 6.07) is 8.92. The van der Waals surface area contributed by atoms with Crippen molar-refractivity contribution in [2.24, 2.45) is 4.99 Å². The molecule has 0 radical (unpaired) electrons. The zero-order valence-electron chi connectivity index (χ0n) is 9.25. The van der Waals surface area contributed by atoms with Crippen molar-refractivity contribution in [1.82, 2.24) is 5.32 Å². The summed E-state index contributed by atoms with van der Waals surface area (Å²) in [4.78, 5) is 25.9. The van der Waals surface area contributed by atoms with Gasteiger partial charge < -0.3 is 15.5 Å². The van der Waals surface area contributed by atoms with Crippen molar-refractivity contribution in [3.63, 3.8) is 0 Å². The monoisotopic (exact) mass is 246 g/mol. The molecule has 2 rings (SSSR count). The Morgan fingerprint density at radius 2 is 1.78 bits per heavy atom. The Hall–Kier alpha value is -2.63. The zero-order valence-corrected chi connectivity index (χ0v) is 9.25. The van der Waals surface area contributed by atoms with E-state index in [-0.39, 0.29) is 17.8 Å². The maximum atomic E-state index is 11.0. The van der Waals surface area contributed by atoms with Gasteiger partial charge in [-0.2, -0.15) is 0 Å². The fraction of sp³-hybridized carbons (Fsp3) is 0.0833. The van der Waals surface area contributed by atoms with Gasteiger partial charge in [0, 0.05) is 5.56 Å². The standard InChI is InChI=1S/C12H10N2O4/c15-11(16)8-6-13-10(14-9(8)12(17)18)7-4-2-1-3-5-7/h1-5H,6H2,(H,13,14)(H,15,16)(H,17,18). The molecular weight excluding hydrogens is 236 g/mol.